The van der Waals surface area contributed by atoms with Gasteiger partial charge in [0.2, 0.25) is 0 Å². The molecule has 0 aliphatic carbocycles. The van der Waals surface area contributed by atoms with Crippen molar-refractivity contribution in [3.63, 3.8) is 0 Å². The van der Waals surface area contributed by atoms with Crippen molar-refractivity contribution in [1.82, 2.24) is 0 Å². The topological polar surface area (TPSA) is 75.8 Å². The standard InChI is InChI=1S/C15H16N2O3/c1-20-13-9-7-11(8-10-13)14(15(18)19)17(16)12-5-3-2-4-6-12/h2-10,14H,16H2,1H3,(H,18,19). The lowest BCUT2D eigenvalue weighted by Gasteiger charge is -2.26. The SMILES string of the molecule is COc1ccc(C(C(=O)O)N(N)c2ccccc2)cc1. The smallest absolute Gasteiger partial charge is 0.332 e. The van der Waals surface area contributed by atoms with Crippen molar-refractivity contribution in [3.05, 3.63) is 60.2 Å². The quantitative estimate of drug-likeness (QED) is 0.644. The van der Waals surface area contributed by atoms with Gasteiger partial charge in [-0.25, -0.2) is 10.6 Å². The summed E-state index contributed by atoms with van der Waals surface area (Å²) in [5.41, 5.74) is 1.22. The summed E-state index contributed by atoms with van der Waals surface area (Å²) in [6.45, 7) is 0. The number of hydrazine groups is 1. The van der Waals surface area contributed by atoms with Crippen LogP contribution in [0.25, 0.3) is 0 Å². The highest BCUT2D eigenvalue weighted by molar-refractivity contribution is 5.79. The number of benzene rings is 2. The van der Waals surface area contributed by atoms with Gasteiger partial charge in [0.15, 0.2) is 6.04 Å². The number of ether oxygens (including phenoxy) is 1. The van der Waals surface area contributed by atoms with E-state index in [9.17, 15) is 9.90 Å². The Morgan fingerprint density at radius 3 is 2.25 bits per heavy atom. The maximum absolute atomic E-state index is 11.5. The van der Waals surface area contributed by atoms with Crippen molar-refractivity contribution in [2.24, 2.45) is 5.84 Å². The first-order chi connectivity index (χ1) is 9.63. The normalized spacial score (nSPS) is 11.7. The molecule has 3 N–H and O–H groups in total. The number of para-hydroxylation sites is 1. The summed E-state index contributed by atoms with van der Waals surface area (Å²) in [6, 6.07) is 14.8. The Kier molecular flexibility index (Phi) is 4.22. The molecule has 1 atom stereocenters. The first-order valence-electron chi connectivity index (χ1n) is 6.09. The average Bonchev–Trinajstić information content (AvgIpc) is 2.48. The van der Waals surface area contributed by atoms with E-state index in [0.717, 1.165) is 0 Å². The number of hydrogen-bond donors (Lipinski definition) is 2. The van der Waals surface area contributed by atoms with Gasteiger partial charge in [0.05, 0.1) is 12.8 Å². The Balaban J connectivity index is 2.33. The lowest BCUT2D eigenvalue weighted by molar-refractivity contribution is -0.138. The van der Waals surface area contributed by atoms with Gasteiger partial charge in [-0.05, 0) is 29.8 Å². The van der Waals surface area contributed by atoms with Crippen molar-refractivity contribution in [2.45, 2.75) is 6.04 Å². The number of hydrogen-bond acceptors (Lipinski definition) is 4. The summed E-state index contributed by atoms with van der Waals surface area (Å²) in [7, 11) is 1.56. The molecule has 0 radical (unpaired) electrons. The predicted octanol–water partition coefficient (Wildman–Crippen LogP) is 2.20. The van der Waals surface area contributed by atoms with Crippen molar-refractivity contribution in [3.8, 4) is 5.75 Å². The van der Waals surface area contributed by atoms with E-state index in [1.807, 2.05) is 18.2 Å². The van der Waals surface area contributed by atoms with Gasteiger partial charge in [0.25, 0.3) is 0 Å². The summed E-state index contributed by atoms with van der Waals surface area (Å²) >= 11 is 0. The van der Waals surface area contributed by atoms with Crippen LogP contribution in [0.5, 0.6) is 5.75 Å². The Labute approximate surface area is 117 Å². The summed E-state index contributed by atoms with van der Waals surface area (Å²) in [5.74, 6) is 5.62. The van der Waals surface area contributed by atoms with Crippen LogP contribution < -0.4 is 15.6 Å². The van der Waals surface area contributed by atoms with Gasteiger partial charge in [0.1, 0.15) is 5.75 Å². The highest BCUT2D eigenvalue weighted by Crippen LogP contribution is 2.25. The molecule has 104 valence electrons. The summed E-state index contributed by atoms with van der Waals surface area (Å²) in [5, 5.41) is 10.7. The molecule has 5 nitrogen and oxygen atoms in total. The van der Waals surface area contributed by atoms with E-state index < -0.39 is 12.0 Å². The van der Waals surface area contributed by atoms with Crippen molar-refractivity contribution in [2.75, 3.05) is 12.1 Å². The lowest BCUT2D eigenvalue weighted by Crippen LogP contribution is -2.39. The molecule has 0 saturated carbocycles. The number of nitrogens with two attached hydrogens (primary N) is 1. The summed E-state index contributed by atoms with van der Waals surface area (Å²) in [6.07, 6.45) is 0. The molecule has 20 heavy (non-hydrogen) atoms. The van der Waals surface area contributed by atoms with Gasteiger partial charge in [-0.15, -0.1) is 0 Å². The van der Waals surface area contributed by atoms with E-state index in [4.69, 9.17) is 10.6 Å². The molecule has 2 aromatic rings. The van der Waals surface area contributed by atoms with Crippen LogP contribution in [0.15, 0.2) is 54.6 Å². The van der Waals surface area contributed by atoms with E-state index >= 15 is 0 Å². The molecule has 0 heterocycles. The molecular formula is C15H16N2O3. The Morgan fingerprint density at radius 1 is 1.15 bits per heavy atom. The zero-order valence-corrected chi connectivity index (χ0v) is 11.1. The van der Waals surface area contributed by atoms with E-state index in [2.05, 4.69) is 0 Å². The fourth-order valence-electron chi connectivity index (χ4n) is 1.96. The van der Waals surface area contributed by atoms with Crippen LogP contribution in [-0.4, -0.2) is 18.2 Å². The molecule has 0 bridgehead atoms. The Morgan fingerprint density at radius 2 is 1.75 bits per heavy atom. The molecule has 5 heteroatoms. The van der Waals surface area contributed by atoms with Crippen molar-refractivity contribution in [1.29, 1.82) is 0 Å². The molecule has 0 amide bonds. The maximum atomic E-state index is 11.5. The number of anilines is 1. The third-order valence-corrected chi connectivity index (χ3v) is 3.00. The Hall–Kier alpha value is -2.53. The van der Waals surface area contributed by atoms with E-state index in [-0.39, 0.29) is 0 Å². The summed E-state index contributed by atoms with van der Waals surface area (Å²) < 4.78 is 5.06. The highest BCUT2D eigenvalue weighted by atomic mass is 16.5. The third-order valence-electron chi connectivity index (χ3n) is 3.00. The van der Waals surface area contributed by atoms with Crippen molar-refractivity contribution < 1.29 is 14.6 Å². The largest absolute Gasteiger partial charge is 0.497 e. The van der Waals surface area contributed by atoms with Gasteiger partial charge < -0.3 is 9.84 Å². The molecule has 0 fully saturated rings. The number of nitrogens with zero attached hydrogens (tertiary/aromatic N) is 1. The van der Waals surface area contributed by atoms with Gasteiger partial charge in [0, 0.05) is 0 Å². The van der Waals surface area contributed by atoms with Gasteiger partial charge in [-0.3, -0.25) is 5.01 Å². The number of methoxy groups -OCH3 is 1. The minimum absolute atomic E-state index is 0.588. The average molecular weight is 272 g/mol. The van der Waals surface area contributed by atoms with Crippen LogP contribution in [0, 0.1) is 0 Å². The fourth-order valence-corrected chi connectivity index (χ4v) is 1.96. The molecule has 1 unspecified atom stereocenters. The Bertz CT molecular complexity index is 569. The molecule has 0 aromatic heterocycles. The number of carbonyl (C=O) groups is 1. The van der Waals surface area contributed by atoms with Gasteiger partial charge >= 0.3 is 5.97 Å². The number of rotatable bonds is 5. The fraction of sp³-hybridized carbons (Fsp3) is 0.133. The molecular weight excluding hydrogens is 256 g/mol. The molecule has 0 aliphatic rings. The predicted molar refractivity (Wildman–Crippen MR) is 76.5 cm³/mol. The van der Waals surface area contributed by atoms with Crippen molar-refractivity contribution >= 4 is 11.7 Å². The zero-order chi connectivity index (χ0) is 14.5. The molecule has 0 spiro atoms. The second kappa shape index (κ2) is 6.08. The van der Waals surface area contributed by atoms with Crippen LogP contribution in [0.4, 0.5) is 5.69 Å². The van der Waals surface area contributed by atoms with Gasteiger partial charge in [-0.2, -0.15) is 0 Å². The molecule has 0 aliphatic heterocycles. The van der Waals surface area contributed by atoms with Crippen LogP contribution in [0.1, 0.15) is 11.6 Å². The van der Waals surface area contributed by atoms with Gasteiger partial charge in [-0.1, -0.05) is 30.3 Å². The molecule has 2 rings (SSSR count). The lowest BCUT2D eigenvalue weighted by atomic mass is 10.1. The van der Waals surface area contributed by atoms with E-state index in [1.54, 1.807) is 43.5 Å². The monoisotopic (exact) mass is 272 g/mol. The number of carboxylic acid groups (broad SMARTS) is 1. The summed E-state index contributed by atoms with van der Waals surface area (Å²) in [4.78, 5) is 11.5. The van der Waals surface area contributed by atoms with Crippen LogP contribution >= 0.6 is 0 Å². The second-order valence-corrected chi connectivity index (χ2v) is 4.26. The third kappa shape index (κ3) is 2.89. The van der Waals surface area contributed by atoms with Crippen LogP contribution in [0.2, 0.25) is 0 Å². The maximum Gasteiger partial charge on any atom is 0.332 e. The minimum atomic E-state index is -1.01. The van der Waals surface area contributed by atoms with Crippen LogP contribution in [0.3, 0.4) is 0 Å². The number of aliphatic carboxylic acids is 1. The first-order valence-corrected chi connectivity index (χ1v) is 6.09. The highest BCUT2D eigenvalue weighted by Gasteiger charge is 2.25. The van der Waals surface area contributed by atoms with E-state index in [1.165, 1.54) is 5.01 Å². The first kappa shape index (κ1) is 13.9. The second-order valence-electron chi connectivity index (χ2n) is 4.26. The number of carboxylic acids is 1. The zero-order valence-electron chi connectivity index (χ0n) is 11.1. The minimum Gasteiger partial charge on any atom is -0.497 e. The van der Waals surface area contributed by atoms with E-state index in [0.29, 0.717) is 17.0 Å². The molecule has 2 aromatic carbocycles. The van der Waals surface area contributed by atoms with Crippen LogP contribution in [-0.2, 0) is 4.79 Å². The molecule has 0 saturated heterocycles.